The summed E-state index contributed by atoms with van der Waals surface area (Å²) in [6.45, 7) is 4.08. The summed E-state index contributed by atoms with van der Waals surface area (Å²) in [6.07, 6.45) is 0.163. The number of rotatable bonds is 4. The molecular weight excluding hydrogens is 270 g/mol. The summed E-state index contributed by atoms with van der Waals surface area (Å²) in [5.41, 5.74) is 7.99. The molecule has 20 heavy (non-hydrogen) atoms. The smallest absolute Gasteiger partial charge is 0.123 e. The first-order chi connectivity index (χ1) is 9.85. The first-order valence-corrected chi connectivity index (χ1v) is 7.77. The second-order valence-corrected chi connectivity index (χ2v) is 5.83. The van der Waals surface area contributed by atoms with Gasteiger partial charge < -0.3 is 10.5 Å². The zero-order chi connectivity index (χ0) is 13.8. The number of benzene rings is 1. The molecule has 2 aromatic rings. The van der Waals surface area contributed by atoms with E-state index in [9.17, 15) is 0 Å². The summed E-state index contributed by atoms with van der Waals surface area (Å²) in [4.78, 5) is 7.10. The van der Waals surface area contributed by atoms with Crippen LogP contribution in [0.1, 0.15) is 5.69 Å². The van der Waals surface area contributed by atoms with Gasteiger partial charge >= 0.3 is 0 Å². The molecule has 0 spiro atoms. The Kier molecular flexibility index (Phi) is 4.42. The zero-order valence-electron chi connectivity index (χ0n) is 11.4. The predicted octanol–water partition coefficient (Wildman–Crippen LogP) is 1.97. The van der Waals surface area contributed by atoms with Gasteiger partial charge in [-0.05, 0) is 0 Å². The van der Waals surface area contributed by atoms with Gasteiger partial charge in [0.05, 0.1) is 18.4 Å². The highest BCUT2D eigenvalue weighted by atomic mass is 32.1. The average Bonchev–Trinajstić information content (AvgIpc) is 2.97. The third-order valence-corrected chi connectivity index (χ3v) is 4.38. The number of hydrogen-bond acceptors (Lipinski definition) is 5. The third-order valence-electron chi connectivity index (χ3n) is 3.44. The van der Waals surface area contributed by atoms with Crippen molar-refractivity contribution in [2.45, 2.75) is 12.6 Å². The molecule has 1 aromatic carbocycles. The zero-order valence-corrected chi connectivity index (χ0v) is 12.2. The topological polar surface area (TPSA) is 51.4 Å². The first-order valence-electron chi connectivity index (χ1n) is 6.89. The Hall–Kier alpha value is -1.27. The van der Waals surface area contributed by atoms with E-state index < -0.39 is 0 Å². The summed E-state index contributed by atoms with van der Waals surface area (Å²) in [5.74, 6) is 0. The SMILES string of the molecule is NCC1CN(Cc2csc(-c3ccccc3)n2)CCO1. The molecule has 4 nitrogen and oxygen atoms in total. The van der Waals surface area contributed by atoms with Crippen LogP contribution >= 0.6 is 11.3 Å². The van der Waals surface area contributed by atoms with Crippen LogP contribution in [0.15, 0.2) is 35.7 Å². The molecule has 106 valence electrons. The number of thiazole rings is 1. The van der Waals surface area contributed by atoms with Crippen LogP contribution in [0.2, 0.25) is 0 Å². The van der Waals surface area contributed by atoms with Gasteiger partial charge in [0, 0.05) is 37.1 Å². The molecule has 0 saturated carbocycles. The Labute approximate surface area is 123 Å². The molecule has 1 saturated heterocycles. The molecule has 3 rings (SSSR count). The molecule has 5 heteroatoms. The quantitative estimate of drug-likeness (QED) is 0.935. The number of ether oxygens (including phenoxy) is 1. The van der Waals surface area contributed by atoms with Crippen LogP contribution in [0.25, 0.3) is 10.6 Å². The molecule has 0 bridgehead atoms. The van der Waals surface area contributed by atoms with E-state index in [0.29, 0.717) is 6.54 Å². The van der Waals surface area contributed by atoms with E-state index in [4.69, 9.17) is 15.5 Å². The minimum absolute atomic E-state index is 0.163. The number of morpholine rings is 1. The van der Waals surface area contributed by atoms with Crippen LogP contribution in [-0.2, 0) is 11.3 Å². The molecule has 1 aromatic heterocycles. The number of nitrogens with zero attached hydrogens (tertiary/aromatic N) is 2. The maximum atomic E-state index is 5.67. The van der Waals surface area contributed by atoms with Crippen molar-refractivity contribution >= 4 is 11.3 Å². The van der Waals surface area contributed by atoms with Crippen LogP contribution in [0.5, 0.6) is 0 Å². The van der Waals surface area contributed by atoms with E-state index in [2.05, 4.69) is 22.4 Å². The van der Waals surface area contributed by atoms with Crippen LogP contribution in [-0.4, -0.2) is 42.2 Å². The van der Waals surface area contributed by atoms with Crippen LogP contribution in [0, 0.1) is 0 Å². The summed E-state index contributed by atoms with van der Waals surface area (Å²) < 4.78 is 5.59. The van der Waals surface area contributed by atoms with E-state index in [0.717, 1.165) is 36.9 Å². The average molecular weight is 289 g/mol. The number of nitrogens with two attached hydrogens (primary N) is 1. The summed E-state index contributed by atoms with van der Waals surface area (Å²) in [6, 6.07) is 10.3. The molecule has 0 amide bonds. The molecule has 1 fully saturated rings. The van der Waals surface area contributed by atoms with Gasteiger partial charge in [-0.2, -0.15) is 0 Å². The van der Waals surface area contributed by atoms with Gasteiger partial charge in [0.25, 0.3) is 0 Å². The maximum Gasteiger partial charge on any atom is 0.123 e. The maximum absolute atomic E-state index is 5.67. The molecule has 2 N–H and O–H groups in total. The van der Waals surface area contributed by atoms with Gasteiger partial charge in [0.1, 0.15) is 5.01 Å². The Balaban J connectivity index is 1.65. The Morgan fingerprint density at radius 1 is 1.35 bits per heavy atom. The molecule has 0 radical (unpaired) electrons. The Morgan fingerprint density at radius 3 is 3.00 bits per heavy atom. The van der Waals surface area contributed by atoms with Crippen molar-refractivity contribution in [2.24, 2.45) is 5.73 Å². The minimum atomic E-state index is 0.163. The van der Waals surface area contributed by atoms with E-state index in [-0.39, 0.29) is 6.10 Å². The second kappa shape index (κ2) is 6.45. The Morgan fingerprint density at radius 2 is 2.20 bits per heavy atom. The van der Waals surface area contributed by atoms with Crippen molar-refractivity contribution in [1.82, 2.24) is 9.88 Å². The van der Waals surface area contributed by atoms with Gasteiger partial charge in [0.2, 0.25) is 0 Å². The van der Waals surface area contributed by atoms with Crippen molar-refractivity contribution in [3.8, 4) is 10.6 Å². The Bertz CT molecular complexity index is 543. The molecule has 2 heterocycles. The molecule has 0 aliphatic carbocycles. The standard InChI is InChI=1S/C15H19N3OS/c16-8-14-10-18(6-7-19-14)9-13-11-20-15(17-13)12-4-2-1-3-5-12/h1-5,11,14H,6-10,16H2. The molecule has 1 aliphatic heterocycles. The summed E-state index contributed by atoms with van der Waals surface area (Å²) in [5, 5.41) is 3.24. The lowest BCUT2D eigenvalue weighted by molar-refractivity contribution is -0.0263. The van der Waals surface area contributed by atoms with E-state index >= 15 is 0 Å². The fraction of sp³-hybridized carbons (Fsp3) is 0.400. The summed E-state index contributed by atoms with van der Waals surface area (Å²) in [7, 11) is 0. The van der Waals surface area contributed by atoms with E-state index in [1.165, 1.54) is 5.56 Å². The molecule has 1 aliphatic rings. The lowest BCUT2D eigenvalue weighted by Crippen LogP contribution is -2.45. The second-order valence-electron chi connectivity index (χ2n) is 4.97. The number of hydrogen-bond donors (Lipinski definition) is 1. The highest BCUT2D eigenvalue weighted by Gasteiger charge is 2.20. The van der Waals surface area contributed by atoms with Gasteiger partial charge in [-0.25, -0.2) is 4.98 Å². The van der Waals surface area contributed by atoms with Gasteiger partial charge in [0.15, 0.2) is 0 Å². The highest BCUT2D eigenvalue weighted by molar-refractivity contribution is 7.13. The van der Waals surface area contributed by atoms with Crippen molar-refractivity contribution < 1.29 is 4.74 Å². The lowest BCUT2D eigenvalue weighted by atomic mass is 10.2. The third kappa shape index (κ3) is 3.24. The fourth-order valence-corrected chi connectivity index (χ4v) is 3.21. The first kappa shape index (κ1) is 13.7. The normalized spacial score (nSPS) is 20.1. The number of aromatic nitrogens is 1. The molecule has 1 unspecified atom stereocenters. The van der Waals surface area contributed by atoms with Crippen molar-refractivity contribution in [3.05, 3.63) is 41.4 Å². The largest absolute Gasteiger partial charge is 0.374 e. The predicted molar refractivity (Wildman–Crippen MR) is 81.6 cm³/mol. The molecular formula is C15H19N3OS. The lowest BCUT2D eigenvalue weighted by Gasteiger charge is -2.31. The van der Waals surface area contributed by atoms with E-state index in [1.807, 2.05) is 18.2 Å². The fourth-order valence-electron chi connectivity index (χ4n) is 2.39. The molecule has 1 atom stereocenters. The van der Waals surface area contributed by atoms with Crippen molar-refractivity contribution in [1.29, 1.82) is 0 Å². The van der Waals surface area contributed by atoms with Crippen LogP contribution in [0.4, 0.5) is 0 Å². The van der Waals surface area contributed by atoms with Crippen LogP contribution in [0.3, 0.4) is 0 Å². The van der Waals surface area contributed by atoms with E-state index in [1.54, 1.807) is 11.3 Å². The van der Waals surface area contributed by atoms with Gasteiger partial charge in [-0.15, -0.1) is 11.3 Å². The van der Waals surface area contributed by atoms with Gasteiger partial charge in [-0.3, -0.25) is 4.90 Å². The van der Waals surface area contributed by atoms with Crippen molar-refractivity contribution in [2.75, 3.05) is 26.2 Å². The monoisotopic (exact) mass is 289 g/mol. The minimum Gasteiger partial charge on any atom is -0.374 e. The van der Waals surface area contributed by atoms with Crippen molar-refractivity contribution in [3.63, 3.8) is 0 Å². The van der Waals surface area contributed by atoms with Crippen LogP contribution < -0.4 is 5.73 Å². The van der Waals surface area contributed by atoms with Gasteiger partial charge in [-0.1, -0.05) is 30.3 Å². The highest BCUT2D eigenvalue weighted by Crippen LogP contribution is 2.24. The summed E-state index contributed by atoms with van der Waals surface area (Å²) >= 11 is 1.70.